The van der Waals surface area contributed by atoms with Crippen molar-refractivity contribution < 1.29 is 9.69 Å². The maximum atomic E-state index is 12.8. The number of hydrogen-bond donors (Lipinski definition) is 1. The number of benzene rings is 1. The minimum absolute atomic E-state index is 0.258. The van der Waals surface area contributed by atoms with Crippen LogP contribution in [0.5, 0.6) is 0 Å². The lowest BCUT2D eigenvalue weighted by molar-refractivity contribution is -0.941. The molecule has 1 fully saturated rings. The Morgan fingerprint density at radius 3 is 2.10 bits per heavy atom. The first-order valence-corrected chi connectivity index (χ1v) is 9.54. The number of Topliss-reactive ketones (excluding diaryl/α,β-unsaturated/α-hetero) is 1. The number of carbonyl (C=O) groups excluding carboxylic acids is 1. The van der Waals surface area contributed by atoms with E-state index < -0.39 is 0 Å². The third-order valence-electron chi connectivity index (χ3n) is 4.50. The van der Waals surface area contributed by atoms with E-state index in [2.05, 4.69) is 38.5 Å². The quantitative estimate of drug-likeness (QED) is 0.665. The smallest absolute Gasteiger partial charge is 0.222 e. The van der Waals surface area contributed by atoms with Crippen LogP contribution < -0.4 is 4.90 Å². The second kappa shape index (κ2) is 6.31. The summed E-state index contributed by atoms with van der Waals surface area (Å²) in [6.07, 6.45) is 8.23. The minimum atomic E-state index is -0.304. The third kappa shape index (κ3) is 3.26. The van der Waals surface area contributed by atoms with Gasteiger partial charge in [-0.25, -0.2) is 0 Å². The average molecular weight is 293 g/mol. The topological polar surface area (TPSA) is 21.5 Å². The third-order valence-corrected chi connectivity index (χ3v) is 5.71. The van der Waals surface area contributed by atoms with Crippen LogP contribution >= 0.6 is 0 Å². The van der Waals surface area contributed by atoms with Crippen LogP contribution in [0.15, 0.2) is 29.2 Å². The van der Waals surface area contributed by atoms with E-state index in [9.17, 15) is 4.79 Å². The number of quaternary nitrogens is 1. The fourth-order valence-electron chi connectivity index (χ4n) is 3.00. The van der Waals surface area contributed by atoms with Gasteiger partial charge >= 0.3 is 0 Å². The molecule has 1 heterocycles. The highest BCUT2D eigenvalue weighted by atomic mass is 32.2. The molecule has 110 valence electrons. The zero-order valence-corrected chi connectivity index (χ0v) is 14.0. The van der Waals surface area contributed by atoms with Crippen molar-refractivity contribution in [3.63, 3.8) is 0 Å². The molecule has 0 saturated carbocycles. The summed E-state index contributed by atoms with van der Waals surface area (Å²) in [5.41, 5.74) is 0.560. The lowest BCUT2D eigenvalue weighted by atomic mass is 9.89. The molecule has 20 heavy (non-hydrogen) atoms. The van der Waals surface area contributed by atoms with Crippen molar-refractivity contribution in [3.05, 3.63) is 29.8 Å². The molecule has 2 rings (SSSR count). The monoisotopic (exact) mass is 293 g/mol. The predicted molar refractivity (Wildman–Crippen MR) is 86.9 cm³/mol. The van der Waals surface area contributed by atoms with Crippen molar-refractivity contribution in [3.8, 4) is 0 Å². The molecule has 0 aliphatic carbocycles. The fraction of sp³-hybridized carbons (Fsp3) is 0.588. The lowest BCUT2D eigenvalue weighted by Crippen LogP contribution is -3.21. The van der Waals surface area contributed by atoms with E-state index in [1.165, 1.54) is 29.1 Å². The molecule has 0 aromatic heterocycles. The molecule has 1 aromatic rings. The van der Waals surface area contributed by atoms with Crippen LogP contribution in [-0.4, -0.2) is 36.9 Å². The second-order valence-corrected chi connectivity index (χ2v) is 8.56. The van der Waals surface area contributed by atoms with Crippen molar-refractivity contribution in [1.29, 1.82) is 0 Å². The van der Waals surface area contributed by atoms with Gasteiger partial charge in [-0.1, -0.05) is 0 Å². The SMILES string of the molecule is C[S+](C)c1ccc(C(=O)C(C)(C)[NH+]2CCCCC2)cc1. The Hall–Kier alpha value is -0.800. The van der Waals surface area contributed by atoms with Crippen LogP contribution in [-0.2, 0) is 10.9 Å². The summed E-state index contributed by atoms with van der Waals surface area (Å²) < 4.78 is 0. The van der Waals surface area contributed by atoms with Gasteiger partial charge in [0.1, 0.15) is 12.5 Å². The van der Waals surface area contributed by atoms with Gasteiger partial charge in [0.25, 0.3) is 0 Å². The molecule has 0 unspecified atom stereocenters. The van der Waals surface area contributed by atoms with Crippen LogP contribution in [0, 0.1) is 0 Å². The number of nitrogens with one attached hydrogen (secondary N) is 1. The first-order valence-electron chi connectivity index (χ1n) is 7.50. The van der Waals surface area contributed by atoms with Gasteiger partial charge in [0.05, 0.1) is 13.1 Å². The lowest BCUT2D eigenvalue weighted by Gasteiger charge is -2.36. The van der Waals surface area contributed by atoms with E-state index in [0.29, 0.717) is 0 Å². The Morgan fingerprint density at radius 2 is 1.60 bits per heavy atom. The summed E-state index contributed by atoms with van der Waals surface area (Å²) in [5, 5.41) is 0. The van der Waals surface area contributed by atoms with Gasteiger partial charge in [0.15, 0.2) is 10.4 Å². The second-order valence-electron chi connectivity index (χ2n) is 6.46. The van der Waals surface area contributed by atoms with E-state index in [-0.39, 0.29) is 22.2 Å². The highest BCUT2D eigenvalue weighted by Crippen LogP contribution is 2.15. The Morgan fingerprint density at radius 1 is 1.05 bits per heavy atom. The molecule has 0 amide bonds. The van der Waals surface area contributed by atoms with Gasteiger partial charge in [-0.2, -0.15) is 0 Å². The van der Waals surface area contributed by atoms with Crippen molar-refractivity contribution in [2.24, 2.45) is 0 Å². The molecule has 1 aromatic carbocycles. The zero-order chi connectivity index (χ0) is 14.8. The van der Waals surface area contributed by atoms with Gasteiger partial charge in [0, 0.05) is 16.5 Å². The minimum Gasteiger partial charge on any atom is -0.324 e. The van der Waals surface area contributed by atoms with E-state index in [1.54, 1.807) is 0 Å². The maximum Gasteiger partial charge on any atom is 0.222 e. The summed E-state index contributed by atoms with van der Waals surface area (Å²) in [6, 6.07) is 8.24. The molecule has 0 atom stereocenters. The standard InChI is InChI=1S/C17H26NOS/c1-17(2,18-12-6-5-7-13-18)16(19)14-8-10-15(11-9-14)20(3)4/h8-11H,5-7,12-13H2,1-4H3/q+1/p+1. The van der Waals surface area contributed by atoms with E-state index in [1.807, 2.05) is 12.1 Å². The first-order chi connectivity index (χ1) is 9.43. The Balaban J connectivity index is 2.16. The maximum absolute atomic E-state index is 12.8. The molecule has 0 spiro atoms. The molecule has 0 bridgehead atoms. The molecular weight excluding hydrogens is 266 g/mol. The van der Waals surface area contributed by atoms with Crippen molar-refractivity contribution in [2.75, 3.05) is 25.6 Å². The van der Waals surface area contributed by atoms with Gasteiger partial charge in [-0.15, -0.1) is 0 Å². The van der Waals surface area contributed by atoms with Crippen molar-refractivity contribution in [2.45, 2.75) is 43.5 Å². The molecule has 1 aliphatic rings. The van der Waals surface area contributed by atoms with Crippen LogP contribution in [0.3, 0.4) is 0 Å². The van der Waals surface area contributed by atoms with Gasteiger partial charge in [-0.05, 0) is 57.4 Å². The molecule has 1 aliphatic heterocycles. The number of carbonyl (C=O) groups is 1. The summed E-state index contributed by atoms with van der Waals surface area (Å²) in [4.78, 5) is 15.6. The Kier molecular flexibility index (Phi) is 4.92. The summed E-state index contributed by atoms with van der Waals surface area (Å²) in [7, 11) is 0.258. The number of piperidine rings is 1. The summed E-state index contributed by atoms with van der Waals surface area (Å²) in [6.45, 7) is 6.47. The van der Waals surface area contributed by atoms with Crippen LogP contribution in [0.1, 0.15) is 43.5 Å². The fourth-order valence-corrected chi connectivity index (χ4v) is 3.68. The highest BCUT2D eigenvalue weighted by Gasteiger charge is 2.39. The molecule has 2 nitrogen and oxygen atoms in total. The van der Waals surface area contributed by atoms with Crippen LogP contribution in [0.4, 0.5) is 0 Å². The number of likely N-dealkylation sites (tertiary alicyclic amines) is 1. The number of rotatable bonds is 4. The summed E-state index contributed by atoms with van der Waals surface area (Å²) in [5.74, 6) is 0.285. The van der Waals surface area contributed by atoms with Crippen molar-refractivity contribution in [1.82, 2.24) is 0 Å². The van der Waals surface area contributed by atoms with Crippen molar-refractivity contribution >= 4 is 16.7 Å². The Labute approximate surface area is 125 Å². The van der Waals surface area contributed by atoms with E-state index in [4.69, 9.17) is 0 Å². The molecule has 3 heteroatoms. The molecular formula is C17H27NOS+2. The molecule has 0 radical (unpaired) electrons. The normalized spacial score (nSPS) is 17.4. The van der Waals surface area contributed by atoms with Crippen LogP contribution in [0.25, 0.3) is 0 Å². The number of ketones is 1. The Bertz CT molecular complexity index is 458. The van der Waals surface area contributed by atoms with Crippen LogP contribution in [0.2, 0.25) is 0 Å². The van der Waals surface area contributed by atoms with E-state index in [0.717, 1.165) is 18.7 Å². The van der Waals surface area contributed by atoms with Gasteiger partial charge in [0.2, 0.25) is 5.78 Å². The molecule has 1 N–H and O–H groups in total. The zero-order valence-electron chi connectivity index (χ0n) is 13.2. The van der Waals surface area contributed by atoms with Gasteiger partial charge in [-0.3, -0.25) is 4.79 Å². The average Bonchev–Trinajstić information content (AvgIpc) is 2.47. The first kappa shape index (κ1) is 15.6. The molecule has 1 saturated heterocycles. The highest BCUT2D eigenvalue weighted by molar-refractivity contribution is 7.95. The largest absolute Gasteiger partial charge is 0.324 e. The summed E-state index contributed by atoms with van der Waals surface area (Å²) >= 11 is 0. The predicted octanol–water partition coefficient (Wildman–Crippen LogP) is 1.95. The van der Waals surface area contributed by atoms with E-state index >= 15 is 0 Å². The number of hydrogen-bond acceptors (Lipinski definition) is 1. The van der Waals surface area contributed by atoms with Gasteiger partial charge < -0.3 is 4.90 Å².